The second-order valence-electron chi connectivity index (χ2n) is 16.0. The van der Waals surface area contributed by atoms with Crippen LogP contribution in [0, 0.1) is 0 Å². The Morgan fingerprint density at radius 2 is 0.649 bits per heavy atom. The maximum atomic E-state index is 12.7. The lowest BCUT2D eigenvalue weighted by atomic mass is 10.1. The molecule has 0 aromatic heterocycles. The van der Waals surface area contributed by atoms with Crippen LogP contribution in [0.3, 0.4) is 0 Å². The van der Waals surface area contributed by atoms with Gasteiger partial charge in [-0.15, -0.1) is 0 Å². The van der Waals surface area contributed by atoms with Crippen molar-refractivity contribution < 1.29 is 28.6 Å². The smallest absolute Gasteiger partial charge is 0.306 e. The summed E-state index contributed by atoms with van der Waals surface area (Å²) in [4.78, 5) is 37.7. The first-order chi connectivity index (χ1) is 28.0. The fourth-order valence-electron chi connectivity index (χ4n) is 6.61. The van der Waals surface area contributed by atoms with E-state index in [1.807, 2.05) is 0 Å². The third-order valence-electron chi connectivity index (χ3n) is 10.3. The molecule has 0 saturated carbocycles. The van der Waals surface area contributed by atoms with Crippen LogP contribution in [0.1, 0.15) is 239 Å². The Bertz CT molecular complexity index is 1010. The summed E-state index contributed by atoms with van der Waals surface area (Å²) in [5, 5.41) is 0. The molecule has 0 aliphatic carbocycles. The van der Waals surface area contributed by atoms with Gasteiger partial charge in [0.1, 0.15) is 13.2 Å². The highest BCUT2D eigenvalue weighted by atomic mass is 16.6. The van der Waals surface area contributed by atoms with E-state index in [2.05, 4.69) is 69.4 Å². The summed E-state index contributed by atoms with van der Waals surface area (Å²) in [5.41, 5.74) is 0. The summed E-state index contributed by atoms with van der Waals surface area (Å²) in [6.45, 7) is 6.53. The average Bonchev–Trinajstić information content (AvgIpc) is 3.21. The van der Waals surface area contributed by atoms with Crippen LogP contribution in [0.5, 0.6) is 0 Å². The number of hydrogen-bond donors (Lipinski definition) is 0. The molecule has 1 unspecified atom stereocenters. The fourth-order valence-corrected chi connectivity index (χ4v) is 6.61. The van der Waals surface area contributed by atoms with E-state index < -0.39 is 6.10 Å². The molecule has 0 fully saturated rings. The summed E-state index contributed by atoms with van der Waals surface area (Å²) in [6.07, 6.45) is 53.9. The quantitative estimate of drug-likeness (QED) is 0.0201. The monoisotopic (exact) mass is 799 g/mol. The van der Waals surface area contributed by atoms with Crippen LogP contribution in [0.25, 0.3) is 0 Å². The number of esters is 3. The normalized spacial score (nSPS) is 12.4. The standard InChI is InChI=1S/C51H90O6/c1-4-7-10-13-16-19-21-23-25-26-28-29-32-35-38-41-44-50(53)56-47-48(46-55-49(52)43-40-37-34-31-18-15-12-9-6-3)57-51(54)45-42-39-36-33-30-27-24-22-20-17-14-11-8-5-2/h25-31,34,48H,4-24,32-33,35-47H2,1-3H3/b26-25-,29-28-,30-27-,34-31-. The van der Waals surface area contributed by atoms with Crippen molar-refractivity contribution in [1.29, 1.82) is 0 Å². The average molecular weight is 799 g/mol. The first-order valence-corrected chi connectivity index (χ1v) is 24.2. The third kappa shape index (κ3) is 44.3. The maximum absolute atomic E-state index is 12.7. The summed E-state index contributed by atoms with van der Waals surface area (Å²) >= 11 is 0. The first kappa shape index (κ1) is 54.4. The Labute approximate surface area is 352 Å². The zero-order valence-electron chi connectivity index (χ0n) is 37.6. The van der Waals surface area contributed by atoms with Gasteiger partial charge < -0.3 is 14.2 Å². The predicted molar refractivity (Wildman–Crippen MR) is 242 cm³/mol. The summed E-state index contributed by atoms with van der Waals surface area (Å²) < 4.78 is 16.6. The molecule has 0 amide bonds. The Hall–Kier alpha value is -2.63. The van der Waals surface area contributed by atoms with Crippen LogP contribution in [0.15, 0.2) is 48.6 Å². The van der Waals surface area contributed by atoms with Crippen molar-refractivity contribution in [1.82, 2.24) is 0 Å². The lowest BCUT2D eigenvalue weighted by molar-refractivity contribution is -0.167. The van der Waals surface area contributed by atoms with Gasteiger partial charge in [0, 0.05) is 19.3 Å². The van der Waals surface area contributed by atoms with E-state index in [0.29, 0.717) is 25.7 Å². The van der Waals surface area contributed by atoms with Crippen molar-refractivity contribution in [2.45, 2.75) is 245 Å². The molecule has 0 N–H and O–H groups in total. The van der Waals surface area contributed by atoms with Crippen molar-refractivity contribution in [3.05, 3.63) is 48.6 Å². The Morgan fingerprint density at radius 3 is 1.07 bits per heavy atom. The zero-order valence-corrected chi connectivity index (χ0v) is 37.6. The van der Waals surface area contributed by atoms with Gasteiger partial charge in [0.05, 0.1) is 0 Å². The van der Waals surface area contributed by atoms with Crippen molar-refractivity contribution in [2.24, 2.45) is 0 Å². The van der Waals surface area contributed by atoms with Gasteiger partial charge in [0.25, 0.3) is 0 Å². The second-order valence-corrected chi connectivity index (χ2v) is 16.0. The van der Waals surface area contributed by atoms with E-state index in [-0.39, 0.29) is 31.1 Å². The largest absolute Gasteiger partial charge is 0.462 e. The molecule has 0 spiro atoms. The molecule has 0 aromatic carbocycles. The lowest BCUT2D eigenvalue weighted by Gasteiger charge is -2.18. The van der Waals surface area contributed by atoms with Gasteiger partial charge >= 0.3 is 17.9 Å². The van der Waals surface area contributed by atoms with Gasteiger partial charge in [0.15, 0.2) is 6.10 Å². The molecule has 1 atom stereocenters. The zero-order chi connectivity index (χ0) is 41.5. The molecule has 57 heavy (non-hydrogen) atoms. The van der Waals surface area contributed by atoms with Crippen LogP contribution < -0.4 is 0 Å². The minimum Gasteiger partial charge on any atom is -0.462 e. The lowest BCUT2D eigenvalue weighted by Crippen LogP contribution is -2.30. The van der Waals surface area contributed by atoms with Gasteiger partial charge in [-0.3, -0.25) is 14.4 Å². The van der Waals surface area contributed by atoms with Gasteiger partial charge in [-0.25, -0.2) is 0 Å². The van der Waals surface area contributed by atoms with Crippen LogP contribution in [-0.4, -0.2) is 37.2 Å². The molecule has 0 aliphatic rings. The van der Waals surface area contributed by atoms with Crippen LogP contribution in [-0.2, 0) is 28.6 Å². The molecule has 0 saturated heterocycles. The van der Waals surface area contributed by atoms with Crippen LogP contribution in [0.2, 0.25) is 0 Å². The minimum atomic E-state index is -0.799. The minimum absolute atomic E-state index is 0.101. The van der Waals surface area contributed by atoms with Crippen LogP contribution >= 0.6 is 0 Å². The molecule has 0 heterocycles. The Morgan fingerprint density at radius 1 is 0.351 bits per heavy atom. The number of ether oxygens (including phenoxy) is 3. The third-order valence-corrected chi connectivity index (χ3v) is 10.3. The molecule has 0 rings (SSSR count). The molecule has 6 heteroatoms. The maximum Gasteiger partial charge on any atom is 0.306 e. The molecule has 330 valence electrons. The highest BCUT2D eigenvalue weighted by Gasteiger charge is 2.19. The van der Waals surface area contributed by atoms with Gasteiger partial charge in [-0.05, 0) is 89.9 Å². The summed E-state index contributed by atoms with van der Waals surface area (Å²) in [6, 6.07) is 0. The molecule has 0 aliphatic heterocycles. The van der Waals surface area contributed by atoms with E-state index in [0.717, 1.165) is 77.0 Å². The highest BCUT2D eigenvalue weighted by molar-refractivity contribution is 5.71. The molecule has 0 aromatic rings. The van der Waals surface area contributed by atoms with Gasteiger partial charge in [-0.1, -0.05) is 179 Å². The molecular weight excluding hydrogens is 709 g/mol. The topological polar surface area (TPSA) is 78.9 Å². The first-order valence-electron chi connectivity index (χ1n) is 24.2. The van der Waals surface area contributed by atoms with E-state index in [1.165, 1.54) is 116 Å². The number of unbranched alkanes of at least 4 members (excludes halogenated alkanes) is 25. The van der Waals surface area contributed by atoms with Crippen molar-refractivity contribution in [2.75, 3.05) is 13.2 Å². The van der Waals surface area contributed by atoms with Crippen molar-refractivity contribution >= 4 is 17.9 Å². The van der Waals surface area contributed by atoms with E-state index >= 15 is 0 Å². The van der Waals surface area contributed by atoms with E-state index in [9.17, 15) is 14.4 Å². The van der Waals surface area contributed by atoms with Crippen molar-refractivity contribution in [3.63, 3.8) is 0 Å². The van der Waals surface area contributed by atoms with E-state index in [1.54, 1.807) is 0 Å². The van der Waals surface area contributed by atoms with E-state index in [4.69, 9.17) is 14.2 Å². The number of carbonyl (C=O) groups is 3. The number of rotatable bonds is 43. The SMILES string of the molecule is CCCCCC/C=C\CCCC(=O)OCC(COC(=O)CCCCC/C=C\C=C/CCCCCCCCC)OC(=O)CCCCC/C=C\CCCCCCCCC. The van der Waals surface area contributed by atoms with Gasteiger partial charge in [-0.2, -0.15) is 0 Å². The molecule has 0 radical (unpaired) electrons. The second kappa shape index (κ2) is 46.1. The van der Waals surface area contributed by atoms with Crippen molar-refractivity contribution in [3.8, 4) is 0 Å². The molecule has 6 nitrogen and oxygen atoms in total. The van der Waals surface area contributed by atoms with Gasteiger partial charge in [0.2, 0.25) is 0 Å². The summed E-state index contributed by atoms with van der Waals surface area (Å²) in [7, 11) is 0. The summed E-state index contributed by atoms with van der Waals surface area (Å²) in [5.74, 6) is -0.976. The molecular formula is C51H90O6. The highest BCUT2D eigenvalue weighted by Crippen LogP contribution is 2.13. The number of carbonyl (C=O) groups excluding carboxylic acids is 3. The Kier molecular flexibility index (Phi) is 43.9. The number of hydrogen-bond acceptors (Lipinski definition) is 6. The Balaban J connectivity index is 4.42. The predicted octanol–water partition coefficient (Wildman–Crippen LogP) is 15.5. The fraction of sp³-hybridized carbons (Fsp3) is 0.784. The number of allylic oxidation sites excluding steroid dienone is 8. The molecule has 0 bridgehead atoms. The van der Waals surface area contributed by atoms with Crippen LogP contribution in [0.4, 0.5) is 0 Å².